The van der Waals surface area contributed by atoms with E-state index < -0.39 is 18.4 Å². The lowest BCUT2D eigenvalue weighted by atomic mass is 10.2. The number of benzene rings is 1. The van der Waals surface area contributed by atoms with Crippen molar-refractivity contribution in [3.63, 3.8) is 0 Å². The summed E-state index contributed by atoms with van der Waals surface area (Å²) in [4.78, 5) is 23.8. The Balaban J connectivity index is 1.91. The SMILES string of the molecule is CCOc1cc(/C=C/C(=O)NNC(=O)Cn2nc(C)cc2C)ccc1OC(F)F. The monoisotopic (exact) mass is 408 g/mol. The number of aryl methyl sites for hydroxylation is 2. The zero-order chi connectivity index (χ0) is 21.4. The van der Waals surface area contributed by atoms with E-state index in [4.69, 9.17) is 4.74 Å². The molecule has 2 rings (SSSR count). The maximum atomic E-state index is 12.4. The quantitative estimate of drug-likeness (QED) is 0.517. The molecule has 0 aliphatic rings. The largest absolute Gasteiger partial charge is 0.490 e. The minimum Gasteiger partial charge on any atom is -0.490 e. The minimum absolute atomic E-state index is 0.0347. The zero-order valence-corrected chi connectivity index (χ0v) is 16.2. The Morgan fingerprint density at radius 3 is 2.59 bits per heavy atom. The van der Waals surface area contributed by atoms with Gasteiger partial charge in [-0.1, -0.05) is 6.07 Å². The molecule has 29 heavy (non-hydrogen) atoms. The molecular weight excluding hydrogens is 386 g/mol. The molecule has 1 aromatic carbocycles. The summed E-state index contributed by atoms with van der Waals surface area (Å²) in [6, 6.07) is 6.12. The maximum Gasteiger partial charge on any atom is 0.387 e. The van der Waals surface area contributed by atoms with Crippen LogP contribution in [0.15, 0.2) is 30.3 Å². The Labute approximate surface area is 166 Å². The summed E-state index contributed by atoms with van der Waals surface area (Å²) in [5.74, 6) is -0.976. The Morgan fingerprint density at radius 1 is 1.21 bits per heavy atom. The van der Waals surface area contributed by atoms with Crippen molar-refractivity contribution in [1.82, 2.24) is 20.6 Å². The first-order valence-corrected chi connectivity index (χ1v) is 8.78. The summed E-state index contributed by atoms with van der Waals surface area (Å²) in [6.45, 7) is 2.59. The lowest BCUT2D eigenvalue weighted by molar-refractivity contribution is -0.127. The van der Waals surface area contributed by atoms with Gasteiger partial charge in [-0.25, -0.2) is 0 Å². The second-order valence-corrected chi connectivity index (χ2v) is 5.97. The van der Waals surface area contributed by atoms with Crippen LogP contribution in [0.4, 0.5) is 8.78 Å². The van der Waals surface area contributed by atoms with Crippen molar-refractivity contribution in [3.05, 3.63) is 47.3 Å². The molecule has 0 fully saturated rings. The highest BCUT2D eigenvalue weighted by molar-refractivity contribution is 5.93. The van der Waals surface area contributed by atoms with E-state index >= 15 is 0 Å². The van der Waals surface area contributed by atoms with Crippen molar-refractivity contribution in [2.45, 2.75) is 33.9 Å². The molecule has 2 aromatic rings. The number of hydrogen-bond donors (Lipinski definition) is 2. The highest BCUT2D eigenvalue weighted by Gasteiger charge is 2.11. The van der Waals surface area contributed by atoms with Crippen molar-refractivity contribution in [3.8, 4) is 11.5 Å². The number of hydrazine groups is 1. The molecule has 1 heterocycles. The van der Waals surface area contributed by atoms with Crippen LogP contribution in [0, 0.1) is 13.8 Å². The lowest BCUT2D eigenvalue weighted by Gasteiger charge is -2.11. The van der Waals surface area contributed by atoms with Gasteiger partial charge in [0.1, 0.15) is 6.54 Å². The number of carbonyl (C=O) groups is 2. The second kappa shape index (κ2) is 10.2. The second-order valence-electron chi connectivity index (χ2n) is 5.97. The Morgan fingerprint density at radius 2 is 1.97 bits per heavy atom. The van der Waals surface area contributed by atoms with E-state index in [1.54, 1.807) is 6.92 Å². The molecule has 156 valence electrons. The fourth-order valence-electron chi connectivity index (χ4n) is 2.45. The first kappa shape index (κ1) is 21.9. The third-order valence-corrected chi connectivity index (χ3v) is 3.63. The number of amides is 2. The van der Waals surface area contributed by atoms with Gasteiger partial charge in [0.05, 0.1) is 12.3 Å². The van der Waals surface area contributed by atoms with Crippen LogP contribution in [0.25, 0.3) is 6.08 Å². The lowest BCUT2D eigenvalue weighted by Crippen LogP contribution is -2.42. The van der Waals surface area contributed by atoms with Crippen molar-refractivity contribution in [2.75, 3.05) is 6.61 Å². The predicted molar refractivity (Wildman–Crippen MR) is 101 cm³/mol. The van der Waals surface area contributed by atoms with Crippen LogP contribution >= 0.6 is 0 Å². The molecule has 0 bridgehead atoms. The van der Waals surface area contributed by atoms with Gasteiger partial charge in [-0.15, -0.1) is 0 Å². The van der Waals surface area contributed by atoms with Gasteiger partial charge in [0, 0.05) is 11.8 Å². The first-order valence-electron chi connectivity index (χ1n) is 8.78. The van der Waals surface area contributed by atoms with E-state index in [9.17, 15) is 18.4 Å². The normalized spacial score (nSPS) is 11.0. The average Bonchev–Trinajstić information content (AvgIpc) is 2.96. The third kappa shape index (κ3) is 6.91. The summed E-state index contributed by atoms with van der Waals surface area (Å²) in [5, 5.41) is 4.16. The number of aromatic nitrogens is 2. The molecule has 0 aliphatic carbocycles. The van der Waals surface area contributed by atoms with Crippen LogP contribution in [0.5, 0.6) is 11.5 Å². The van der Waals surface area contributed by atoms with E-state index in [2.05, 4.69) is 20.7 Å². The molecule has 0 spiro atoms. The molecule has 10 heteroatoms. The molecule has 0 unspecified atom stereocenters. The van der Waals surface area contributed by atoms with Gasteiger partial charge >= 0.3 is 6.61 Å². The van der Waals surface area contributed by atoms with Gasteiger partial charge in [-0.2, -0.15) is 13.9 Å². The number of nitrogens with zero attached hydrogens (tertiary/aromatic N) is 2. The number of rotatable bonds is 8. The van der Waals surface area contributed by atoms with E-state index in [-0.39, 0.29) is 24.7 Å². The Bertz CT molecular complexity index is 896. The standard InChI is InChI=1S/C19H22F2N4O4/c1-4-28-16-10-14(5-7-15(16)29-19(20)21)6-8-17(26)22-23-18(27)11-25-13(3)9-12(2)24-25/h5-10,19H,4,11H2,1-3H3,(H,22,26)(H,23,27)/b8-6+. The number of nitrogens with one attached hydrogen (secondary N) is 2. The van der Waals surface area contributed by atoms with Crippen LogP contribution in [0.3, 0.4) is 0 Å². The molecule has 8 nitrogen and oxygen atoms in total. The van der Waals surface area contributed by atoms with E-state index in [0.29, 0.717) is 5.56 Å². The highest BCUT2D eigenvalue weighted by Crippen LogP contribution is 2.30. The van der Waals surface area contributed by atoms with Crippen molar-refractivity contribution in [1.29, 1.82) is 0 Å². The number of halogens is 2. The van der Waals surface area contributed by atoms with E-state index in [1.165, 1.54) is 35.0 Å². The van der Waals surface area contributed by atoms with Crippen LogP contribution < -0.4 is 20.3 Å². The Kier molecular flexibility index (Phi) is 7.70. The fraction of sp³-hybridized carbons (Fsp3) is 0.316. The molecule has 0 saturated carbocycles. The fourth-order valence-corrected chi connectivity index (χ4v) is 2.45. The zero-order valence-electron chi connectivity index (χ0n) is 16.2. The van der Waals surface area contributed by atoms with Crippen molar-refractivity contribution >= 4 is 17.9 Å². The topological polar surface area (TPSA) is 94.5 Å². The number of hydrogen-bond acceptors (Lipinski definition) is 5. The number of ether oxygens (including phenoxy) is 2. The van der Waals surface area contributed by atoms with Crippen molar-refractivity contribution < 1.29 is 27.8 Å². The summed E-state index contributed by atoms with van der Waals surface area (Å²) >= 11 is 0. The molecule has 1 aromatic heterocycles. The number of alkyl halides is 2. The molecule has 2 N–H and O–H groups in total. The molecule has 0 saturated heterocycles. The van der Waals surface area contributed by atoms with Gasteiger partial charge < -0.3 is 9.47 Å². The molecule has 0 atom stereocenters. The van der Waals surface area contributed by atoms with Gasteiger partial charge in [-0.3, -0.25) is 25.1 Å². The highest BCUT2D eigenvalue weighted by atomic mass is 19.3. The van der Waals surface area contributed by atoms with Gasteiger partial charge in [0.25, 0.3) is 11.8 Å². The van der Waals surface area contributed by atoms with Gasteiger partial charge in [-0.05, 0) is 50.6 Å². The molecule has 0 aliphatic heterocycles. The minimum atomic E-state index is -2.97. The molecule has 0 radical (unpaired) electrons. The summed E-state index contributed by atoms with van der Waals surface area (Å²) in [5.41, 5.74) is 6.69. The summed E-state index contributed by atoms with van der Waals surface area (Å²) in [7, 11) is 0. The smallest absolute Gasteiger partial charge is 0.387 e. The first-order chi connectivity index (χ1) is 13.8. The van der Waals surface area contributed by atoms with Crippen molar-refractivity contribution in [2.24, 2.45) is 0 Å². The molecule has 2 amide bonds. The van der Waals surface area contributed by atoms with Crippen LogP contribution in [0.2, 0.25) is 0 Å². The Hall–Kier alpha value is -3.43. The average molecular weight is 408 g/mol. The summed E-state index contributed by atoms with van der Waals surface area (Å²) in [6.07, 6.45) is 2.62. The maximum absolute atomic E-state index is 12.4. The van der Waals surface area contributed by atoms with Crippen LogP contribution in [-0.4, -0.2) is 34.8 Å². The third-order valence-electron chi connectivity index (χ3n) is 3.63. The molecular formula is C19H22F2N4O4. The van der Waals surface area contributed by atoms with E-state index in [0.717, 1.165) is 11.4 Å². The summed E-state index contributed by atoms with van der Waals surface area (Å²) < 4.78 is 36.0. The van der Waals surface area contributed by atoms with Crippen LogP contribution in [0.1, 0.15) is 23.9 Å². The predicted octanol–water partition coefficient (Wildman–Crippen LogP) is 2.36. The van der Waals surface area contributed by atoms with Gasteiger partial charge in [0.2, 0.25) is 0 Å². The van der Waals surface area contributed by atoms with Gasteiger partial charge in [0.15, 0.2) is 11.5 Å². The van der Waals surface area contributed by atoms with Crippen LogP contribution in [-0.2, 0) is 16.1 Å². The van der Waals surface area contributed by atoms with E-state index in [1.807, 2.05) is 19.9 Å². The number of carbonyl (C=O) groups excluding carboxylic acids is 2.